The summed E-state index contributed by atoms with van der Waals surface area (Å²) < 4.78 is 4.86. The van der Waals surface area contributed by atoms with Crippen LogP contribution < -0.4 is 5.73 Å². The summed E-state index contributed by atoms with van der Waals surface area (Å²) in [5, 5.41) is 7.24. The number of hydrogen-bond donors (Lipinski definition) is 1. The molecule has 0 fully saturated rings. The average molecular weight is 139 g/mol. The molecule has 1 rings (SSSR count). The van der Waals surface area contributed by atoms with Gasteiger partial charge in [-0.3, -0.25) is 0 Å². The highest BCUT2D eigenvalue weighted by Crippen LogP contribution is 2.00. The van der Waals surface area contributed by atoms with Crippen LogP contribution in [0.25, 0.3) is 0 Å². The van der Waals surface area contributed by atoms with Crippen LogP contribution in [-0.2, 0) is 11.3 Å². The standard InChI is InChI=1S/C6H9N3O/c1-10-4-5-2-6(7)9-8-3-5/h2-3H,4H2,1H3,(H2,7,9). The van der Waals surface area contributed by atoms with E-state index in [9.17, 15) is 0 Å². The van der Waals surface area contributed by atoms with Gasteiger partial charge in [0.1, 0.15) is 5.82 Å². The average Bonchev–Trinajstić information content (AvgIpc) is 1.88. The molecule has 2 N–H and O–H groups in total. The van der Waals surface area contributed by atoms with Crippen molar-refractivity contribution in [1.82, 2.24) is 10.2 Å². The van der Waals surface area contributed by atoms with Gasteiger partial charge in [-0.1, -0.05) is 0 Å². The minimum Gasteiger partial charge on any atom is -0.382 e. The summed E-state index contributed by atoms with van der Waals surface area (Å²) in [6.45, 7) is 0.527. The molecule has 0 atom stereocenters. The molecule has 0 saturated carbocycles. The van der Waals surface area contributed by atoms with Crippen LogP contribution in [0.4, 0.5) is 5.82 Å². The van der Waals surface area contributed by atoms with Crippen LogP contribution in [0.15, 0.2) is 12.3 Å². The molecule has 54 valence electrons. The molecule has 0 radical (unpaired) electrons. The molecule has 4 heteroatoms. The smallest absolute Gasteiger partial charge is 0.146 e. The second-order valence-electron chi connectivity index (χ2n) is 1.92. The van der Waals surface area contributed by atoms with Crippen LogP contribution in [0.1, 0.15) is 5.56 Å². The first-order valence-electron chi connectivity index (χ1n) is 2.89. The van der Waals surface area contributed by atoms with E-state index in [4.69, 9.17) is 10.5 Å². The van der Waals surface area contributed by atoms with Gasteiger partial charge in [-0.05, 0) is 6.07 Å². The Morgan fingerprint density at radius 1 is 1.70 bits per heavy atom. The predicted molar refractivity (Wildman–Crippen MR) is 37.2 cm³/mol. The Balaban J connectivity index is 2.75. The van der Waals surface area contributed by atoms with E-state index in [1.165, 1.54) is 0 Å². The van der Waals surface area contributed by atoms with Crippen LogP contribution in [0.2, 0.25) is 0 Å². The van der Waals surface area contributed by atoms with Crippen molar-refractivity contribution in [3.63, 3.8) is 0 Å². The molecule has 0 unspecified atom stereocenters. The largest absolute Gasteiger partial charge is 0.382 e. The number of nitrogens with two attached hydrogens (primary N) is 1. The summed E-state index contributed by atoms with van der Waals surface area (Å²) in [7, 11) is 1.62. The van der Waals surface area contributed by atoms with Crippen molar-refractivity contribution in [2.75, 3.05) is 12.8 Å². The van der Waals surface area contributed by atoms with Crippen molar-refractivity contribution in [3.8, 4) is 0 Å². The van der Waals surface area contributed by atoms with Gasteiger partial charge in [0.15, 0.2) is 0 Å². The lowest BCUT2D eigenvalue weighted by Gasteiger charge is -1.96. The Morgan fingerprint density at radius 2 is 2.50 bits per heavy atom. The second-order valence-corrected chi connectivity index (χ2v) is 1.92. The van der Waals surface area contributed by atoms with Gasteiger partial charge in [0.25, 0.3) is 0 Å². The Bertz CT molecular complexity index is 214. The minimum atomic E-state index is 0.426. The Hall–Kier alpha value is -1.16. The van der Waals surface area contributed by atoms with Crippen molar-refractivity contribution < 1.29 is 4.74 Å². The summed E-state index contributed by atoms with van der Waals surface area (Å²) in [5.74, 6) is 0.426. The summed E-state index contributed by atoms with van der Waals surface area (Å²) >= 11 is 0. The van der Waals surface area contributed by atoms with E-state index in [1.54, 1.807) is 19.4 Å². The number of aromatic nitrogens is 2. The fourth-order valence-corrected chi connectivity index (χ4v) is 0.671. The van der Waals surface area contributed by atoms with Crippen molar-refractivity contribution in [3.05, 3.63) is 17.8 Å². The Kier molecular flexibility index (Phi) is 2.17. The summed E-state index contributed by atoms with van der Waals surface area (Å²) in [6.07, 6.45) is 1.62. The van der Waals surface area contributed by atoms with Gasteiger partial charge in [-0.2, -0.15) is 5.10 Å². The van der Waals surface area contributed by atoms with Crippen LogP contribution in [0.3, 0.4) is 0 Å². The normalized spacial score (nSPS) is 9.70. The van der Waals surface area contributed by atoms with E-state index < -0.39 is 0 Å². The zero-order valence-corrected chi connectivity index (χ0v) is 5.74. The van der Waals surface area contributed by atoms with Crippen LogP contribution >= 0.6 is 0 Å². The highest BCUT2D eigenvalue weighted by Gasteiger charge is 1.92. The van der Waals surface area contributed by atoms with Gasteiger partial charge in [-0.25, -0.2) is 0 Å². The second kappa shape index (κ2) is 3.12. The van der Waals surface area contributed by atoms with E-state index in [1.807, 2.05) is 0 Å². The molecule has 0 aliphatic carbocycles. The van der Waals surface area contributed by atoms with E-state index in [-0.39, 0.29) is 0 Å². The SMILES string of the molecule is COCc1cnnc(N)c1. The zero-order valence-electron chi connectivity index (χ0n) is 5.74. The predicted octanol–water partition coefficient (Wildman–Crippen LogP) is 0.205. The fraction of sp³-hybridized carbons (Fsp3) is 0.333. The molecule has 10 heavy (non-hydrogen) atoms. The topological polar surface area (TPSA) is 61.0 Å². The molecule has 0 saturated heterocycles. The number of nitrogen functional groups attached to an aromatic ring is 1. The first-order valence-corrected chi connectivity index (χ1v) is 2.89. The first-order chi connectivity index (χ1) is 4.83. The first kappa shape index (κ1) is 6.95. The molecule has 0 aliphatic heterocycles. The quantitative estimate of drug-likeness (QED) is 0.636. The van der Waals surface area contributed by atoms with Crippen LogP contribution in [0, 0.1) is 0 Å². The number of hydrogen-bond acceptors (Lipinski definition) is 4. The zero-order chi connectivity index (χ0) is 7.40. The molecule has 0 bridgehead atoms. The highest BCUT2D eigenvalue weighted by atomic mass is 16.5. The monoisotopic (exact) mass is 139 g/mol. The molecule has 0 amide bonds. The van der Waals surface area contributed by atoms with Gasteiger partial charge in [0, 0.05) is 12.7 Å². The molecule has 0 spiro atoms. The van der Waals surface area contributed by atoms with Gasteiger partial charge in [-0.15, -0.1) is 5.10 Å². The molecular weight excluding hydrogens is 130 g/mol. The summed E-state index contributed by atoms with van der Waals surface area (Å²) in [6, 6.07) is 1.73. The van der Waals surface area contributed by atoms with E-state index in [0.29, 0.717) is 12.4 Å². The van der Waals surface area contributed by atoms with E-state index in [0.717, 1.165) is 5.56 Å². The van der Waals surface area contributed by atoms with Gasteiger partial charge in [0.05, 0.1) is 12.8 Å². The van der Waals surface area contributed by atoms with Crippen LogP contribution in [0.5, 0.6) is 0 Å². The molecule has 4 nitrogen and oxygen atoms in total. The van der Waals surface area contributed by atoms with Crippen molar-refractivity contribution in [2.24, 2.45) is 0 Å². The number of anilines is 1. The number of methoxy groups -OCH3 is 1. The lowest BCUT2D eigenvalue weighted by molar-refractivity contribution is 0.184. The van der Waals surface area contributed by atoms with E-state index in [2.05, 4.69) is 10.2 Å². The summed E-state index contributed by atoms with van der Waals surface area (Å²) in [4.78, 5) is 0. The lowest BCUT2D eigenvalue weighted by atomic mass is 10.3. The maximum atomic E-state index is 5.36. The third-order valence-corrected chi connectivity index (χ3v) is 1.04. The summed E-state index contributed by atoms with van der Waals surface area (Å²) in [5.41, 5.74) is 6.30. The Morgan fingerprint density at radius 3 is 3.10 bits per heavy atom. The number of nitrogens with zero attached hydrogens (tertiary/aromatic N) is 2. The van der Waals surface area contributed by atoms with Gasteiger partial charge >= 0.3 is 0 Å². The highest BCUT2D eigenvalue weighted by molar-refractivity contribution is 5.28. The number of rotatable bonds is 2. The lowest BCUT2D eigenvalue weighted by Crippen LogP contribution is -1.96. The molecule has 1 aromatic rings. The van der Waals surface area contributed by atoms with Gasteiger partial charge < -0.3 is 10.5 Å². The Labute approximate surface area is 59.0 Å². The van der Waals surface area contributed by atoms with Crippen molar-refractivity contribution in [1.29, 1.82) is 0 Å². The fourth-order valence-electron chi connectivity index (χ4n) is 0.671. The van der Waals surface area contributed by atoms with Crippen molar-refractivity contribution >= 4 is 5.82 Å². The molecule has 1 heterocycles. The van der Waals surface area contributed by atoms with E-state index >= 15 is 0 Å². The molecular formula is C6H9N3O. The minimum absolute atomic E-state index is 0.426. The van der Waals surface area contributed by atoms with Crippen LogP contribution in [-0.4, -0.2) is 17.3 Å². The molecule has 0 aromatic carbocycles. The third kappa shape index (κ3) is 1.66. The molecule has 0 aliphatic rings. The van der Waals surface area contributed by atoms with Crippen molar-refractivity contribution in [2.45, 2.75) is 6.61 Å². The third-order valence-electron chi connectivity index (χ3n) is 1.04. The van der Waals surface area contributed by atoms with Gasteiger partial charge in [0.2, 0.25) is 0 Å². The maximum Gasteiger partial charge on any atom is 0.146 e. The maximum absolute atomic E-state index is 5.36. The molecule has 1 aromatic heterocycles. The number of ether oxygens (including phenoxy) is 1.